The van der Waals surface area contributed by atoms with Gasteiger partial charge in [0.25, 0.3) is 0 Å². The number of thiocarbonyl (C=S) groups is 1. The van der Waals surface area contributed by atoms with Crippen molar-refractivity contribution in [2.24, 2.45) is 0 Å². The molecule has 0 fully saturated rings. The van der Waals surface area contributed by atoms with E-state index < -0.39 is 0 Å². The van der Waals surface area contributed by atoms with Gasteiger partial charge >= 0.3 is 0 Å². The number of nitrogens with one attached hydrogen (secondary N) is 1. The number of benzene rings is 2. The molecule has 2 heterocycles. The van der Waals surface area contributed by atoms with Crippen LogP contribution in [0, 0.1) is 13.8 Å². The third kappa shape index (κ3) is 3.25. The van der Waals surface area contributed by atoms with Gasteiger partial charge in [-0.2, -0.15) is 0 Å². The zero-order chi connectivity index (χ0) is 18.1. The molecule has 1 aliphatic rings. The molecule has 0 saturated heterocycles. The predicted octanol–water partition coefficient (Wildman–Crippen LogP) is 4.91. The Kier molecular flexibility index (Phi) is 4.51. The van der Waals surface area contributed by atoms with Gasteiger partial charge in [-0.3, -0.25) is 0 Å². The molecular weight excluding hydrogens is 338 g/mol. The Bertz CT molecular complexity index is 909. The lowest BCUT2D eigenvalue weighted by atomic mass is 10.0. The van der Waals surface area contributed by atoms with Crippen molar-refractivity contribution in [2.45, 2.75) is 26.4 Å². The van der Waals surface area contributed by atoms with Gasteiger partial charge in [0.15, 0.2) is 5.11 Å². The third-order valence-electron chi connectivity index (χ3n) is 4.89. The highest BCUT2D eigenvalue weighted by atomic mass is 32.1. The van der Waals surface area contributed by atoms with Gasteiger partial charge in [-0.1, -0.05) is 36.4 Å². The molecule has 2 aromatic carbocycles. The lowest BCUT2D eigenvalue weighted by molar-refractivity contribution is 0.293. The minimum absolute atomic E-state index is 0.130. The number of aromatic nitrogens is 1. The van der Waals surface area contributed by atoms with Crippen LogP contribution in [0.3, 0.4) is 0 Å². The summed E-state index contributed by atoms with van der Waals surface area (Å²) in [5, 5.41) is 4.24. The SMILES string of the molecule is Cc1cc(C)cc(NC(=S)N2CCn3cccc3C2c2ccccc2)c1. The molecule has 1 atom stereocenters. The van der Waals surface area contributed by atoms with E-state index in [1.54, 1.807) is 0 Å². The average Bonchev–Trinajstić information content (AvgIpc) is 3.09. The topological polar surface area (TPSA) is 20.2 Å². The highest BCUT2D eigenvalue weighted by molar-refractivity contribution is 7.80. The van der Waals surface area contributed by atoms with Crippen LogP contribution in [0.5, 0.6) is 0 Å². The molecule has 0 bridgehead atoms. The standard InChI is InChI=1S/C22H23N3S/c1-16-13-17(2)15-19(14-16)23-22(26)25-12-11-24-10-6-9-20(24)21(25)18-7-4-3-5-8-18/h3-10,13-15,21H,11-12H2,1-2H3,(H,23,26). The first kappa shape index (κ1) is 16.9. The molecule has 0 spiro atoms. The second-order valence-electron chi connectivity index (χ2n) is 6.94. The van der Waals surface area contributed by atoms with Crippen molar-refractivity contribution in [2.75, 3.05) is 11.9 Å². The molecule has 0 radical (unpaired) electrons. The molecule has 3 aromatic rings. The third-order valence-corrected chi connectivity index (χ3v) is 5.22. The van der Waals surface area contributed by atoms with E-state index in [0.29, 0.717) is 0 Å². The number of hydrogen-bond donors (Lipinski definition) is 1. The zero-order valence-corrected chi connectivity index (χ0v) is 16.0. The highest BCUT2D eigenvalue weighted by Crippen LogP contribution is 2.33. The van der Waals surface area contributed by atoms with Crippen molar-refractivity contribution in [3.8, 4) is 0 Å². The Morgan fingerprint density at radius 1 is 0.962 bits per heavy atom. The smallest absolute Gasteiger partial charge is 0.174 e. The Hall–Kier alpha value is -2.59. The first-order chi connectivity index (χ1) is 12.6. The first-order valence-corrected chi connectivity index (χ1v) is 9.38. The normalized spacial score (nSPS) is 16.2. The summed E-state index contributed by atoms with van der Waals surface area (Å²) in [6.07, 6.45) is 2.16. The van der Waals surface area contributed by atoms with Crippen molar-refractivity contribution in [1.29, 1.82) is 0 Å². The Balaban J connectivity index is 1.67. The second kappa shape index (κ2) is 6.96. The van der Waals surface area contributed by atoms with Crippen LogP contribution < -0.4 is 5.32 Å². The maximum atomic E-state index is 5.83. The van der Waals surface area contributed by atoms with Crippen LogP contribution in [0.4, 0.5) is 5.69 Å². The van der Waals surface area contributed by atoms with Crippen molar-refractivity contribution in [3.63, 3.8) is 0 Å². The monoisotopic (exact) mass is 361 g/mol. The van der Waals surface area contributed by atoms with Crippen LogP contribution in [0.25, 0.3) is 0 Å². The Morgan fingerprint density at radius 3 is 2.42 bits per heavy atom. The van der Waals surface area contributed by atoms with E-state index in [9.17, 15) is 0 Å². The zero-order valence-electron chi connectivity index (χ0n) is 15.1. The molecule has 26 heavy (non-hydrogen) atoms. The molecule has 1 N–H and O–H groups in total. The lowest BCUT2D eigenvalue weighted by Crippen LogP contribution is -2.44. The van der Waals surface area contributed by atoms with Crippen LogP contribution in [-0.2, 0) is 6.54 Å². The van der Waals surface area contributed by atoms with E-state index in [4.69, 9.17) is 12.2 Å². The molecule has 4 heteroatoms. The molecule has 1 unspecified atom stereocenters. The van der Waals surface area contributed by atoms with Crippen molar-refractivity contribution >= 4 is 23.0 Å². The van der Waals surface area contributed by atoms with Crippen molar-refractivity contribution in [1.82, 2.24) is 9.47 Å². The van der Waals surface area contributed by atoms with Gasteiger partial charge in [-0.25, -0.2) is 0 Å². The summed E-state index contributed by atoms with van der Waals surface area (Å²) in [6.45, 7) is 6.06. The number of anilines is 1. The molecular formula is C22H23N3S. The fourth-order valence-corrected chi connectivity index (χ4v) is 4.14. The van der Waals surface area contributed by atoms with Gasteiger partial charge in [0, 0.05) is 30.7 Å². The number of nitrogens with zero attached hydrogens (tertiary/aromatic N) is 2. The summed E-state index contributed by atoms with van der Waals surface area (Å²) in [6, 6.07) is 21.5. The van der Waals surface area contributed by atoms with Gasteiger partial charge in [0.05, 0.1) is 6.04 Å². The minimum Gasteiger partial charge on any atom is -0.348 e. The maximum Gasteiger partial charge on any atom is 0.174 e. The molecule has 1 aliphatic heterocycles. The summed E-state index contributed by atoms with van der Waals surface area (Å²) in [5.74, 6) is 0. The molecule has 3 nitrogen and oxygen atoms in total. The molecule has 4 rings (SSSR count). The van der Waals surface area contributed by atoms with Crippen LogP contribution in [0.15, 0.2) is 66.9 Å². The lowest BCUT2D eigenvalue weighted by Gasteiger charge is -2.39. The molecule has 0 saturated carbocycles. The van der Waals surface area contributed by atoms with E-state index in [-0.39, 0.29) is 6.04 Å². The average molecular weight is 362 g/mol. The van der Waals surface area contributed by atoms with E-state index >= 15 is 0 Å². The van der Waals surface area contributed by atoms with Gasteiger partial charge < -0.3 is 14.8 Å². The van der Waals surface area contributed by atoms with Gasteiger partial charge in [-0.05, 0) is 67.0 Å². The molecule has 132 valence electrons. The van der Waals surface area contributed by atoms with E-state index in [1.807, 2.05) is 0 Å². The quantitative estimate of drug-likeness (QED) is 0.655. The van der Waals surface area contributed by atoms with Crippen LogP contribution in [-0.4, -0.2) is 21.1 Å². The Labute approximate surface area is 160 Å². The Morgan fingerprint density at radius 2 is 1.69 bits per heavy atom. The van der Waals surface area contributed by atoms with Crippen LogP contribution in [0.1, 0.15) is 28.4 Å². The number of hydrogen-bond acceptors (Lipinski definition) is 1. The van der Waals surface area contributed by atoms with E-state index in [0.717, 1.165) is 23.9 Å². The summed E-state index contributed by atoms with van der Waals surface area (Å²) in [7, 11) is 0. The van der Waals surface area contributed by atoms with Crippen LogP contribution in [0.2, 0.25) is 0 Å². The summed E-state index contributed by atoms with van der Waals surface area (Å²) >= 11 is 5.83. The van der Waals surface area contributed by atoms with Crippen LogP contribution >= 0.6 is 12.2 Å². The van der Waals surface area contributed by atoms with Crippen molar-refractivity contribution < 1.29 is 0 Å². The number of fused-ring (bicyclic) bond motifs is 1. The highest BCUT2D eigenvalue weighted by Gasteiger charge is 2.30. The minimum atomic E-state index is 0.130. The van der Waals surface area contributed by atoms with Crippen molar-refractivity contribution in [3.05, 3.63) is 89.2 Å². The van der Waals surface area contributed by atoms with E-state index in [2.05, 4.69) is 95.5 Å². The van der Waals surface area contributed by atoms with Gasteiger partial charge in [0.2, 0.25) is 0 Å². The molecule has 0 amide bonds. The first-order valence-electron chi connectivity index (χ1n) is 8.98. The number of rotatable bonds is 2. The predicted molar refractivity (Wildman–Crippen MR) is 112 cm³/mol. The summed E-state index contributed by atoms with van der Waals surface area (Å²) in [5.41, 5.74) is 6.08. The second-order valence-corrected chi connectivity index (χ2v) is 7.33. The summed E-state index contributed by atoms with van der Waals surface area (Å²) < 4.78 is 2.33. The largest absolute Gasteiger partial charge is 0.348 e. The number of aryl methyl sites for hydroxylation is 2. The molecule has 1 aromatic heterocycles. The molecule has 0 aliphatic carbocycles. The van der Waals surface area contributed by atoms with Gasteiger partial charge in [0.1, 0.15) is 0 Å². The summed E-state index contributed by atoms with van der Waals surface area (Å²) in [4.78, 5) is 2.30. The van der Waals surface area contributed by atoms with Gasteiger partial charge in [-0.15, -0.1) is 0 Å². The van der Waals surface area contributed by atoms with E-state index in [1.165, 1.54) is 22.4 Å². The fourth-order valence-electron chi connectivity index (χ4n) is 3.83. The fraction of sp³-hybridized carbons (Fsp3) is 0.227. The maximum absolute atomic E-state index is 5.83.